The van der Waals surface area contributed by atoms with Crippen LogP contribution in [-0.4, -0.2) is 96.7 Å². The van der Waals surface area contributed by atoms with Gasteiger partial charge in [0.05, 0.1) is 26.4 Å². The van der Waals surface area contributed by atoms with Crippen molar-refractivity contribution in [1.29, 1.82) is 0 Å². The minimum Gasteiger partial charge on any atom is -0.462 e. The maximum Gasteiger partial charge on any atom is 0.472 e. The van der Waals surface area contributed by atoms with Gasteiger partial charge >= 0.3 is 39.5 Å². The van der Waals surface area contributed by atoms with E-state index in [4.69, 9.17) is 37.0 Å². The summed E-state index contributed by atoms with van der Waals surface area (Å²) in [6, 6.07) is 0. The van der Waals surface area contributed by atoms with Gasteiger partial charge in [-0.25, -0.2) is 9.13 Å². The average molecular weight is 1450 g/mol. The first-order chi connectivity index (χ1) is 48.0. The van der Waals surface area contributed by atoms with Crippen molar-refractivity contribution in [2.24, 2.45) is 5.92 Å². The Balaban J connectivity index is 5.24. The highest BCUT2D eigenvalue weighted by atomic mass is 31.2. The van der Waals surface area contributed by atoms with Crippen LogP contribution in [0.5, 0.6) is 0 Å². The smallest absolute Gasteiger partial charge is 0.462 e. The molecule has 99 heavy (non-hydrogen) atoms. The monoisotopic (exact) mass is 1450 g/mol. The quantitative estimate of drug-likeness (QED) is 0.0222. The molecule has 0 spiro atoms. The van der Waals surface area contributed by atoms with E-state index in [-0.39, 0.29) is 25.7 Å². The molecule has 5 atom stereocenters. The molecule has 0 heterocycles. The number of esters is 4. The summed E-state index contributed by atoms with van der Waals surface area (Å²) in [7, 11) is -9.92. The molecule has 0 aliphatic heterocycles. The maximum absolute atomic E-state index is 13.1. The summed E-state index contributed by atoms with van der Waals surface area (Å²) < 4.78 is 68.7. The number of rotatable bonds is 80. The number of ether oxygens (including phenoxy) is 4. The van der Waals surface area contributed by atoms with Gasteiger partial charge in [0.1, 0.15) is 19.3 Å². The fourth-order valence-corrected chi connectivity index (χ4v) is 14.0. The van der Waals surface area contributed by atoms with E-state index >= 15 is 0 Å². The van der Waals surface area contributed by atoms with E-state index in [1.165, 1.54) is 250 Å². The topological polar surface area (TPSA) is 237 Å². The van der Waals surface area contributed by atoms with Crippen LogP contribution in [-0.2, 0) is 65.4 Å². The molecular weight excluding hydrogens is 1290 g/mol. The number of hydrogen-bond donors (Lipinski definition) is 3. The predicted octanol–water partition coefficient (Wildman–Crippen LogP) is 24.0. The molecule has 2 unspecified atom stereocenters. The van der Waals surface area contributed by atoms with Crippen molar-refractivity contribution in [2.75, 3.05) is 39.6 Å². The molecule has 19 heteroatoms. The summed E-state index contributed by atoms with van der Waals surface area (Å²) in [6.07, 6.45) is 63.7. The number of aliphatic hydroxyl groups excluding tert-OH is 1. The van der Waals surface area contributed by atoms with Crippen molar-refractivity contribution < 1.29 is 80.2 Å². The average Bonchev–Trinajstić information content (AvgIpc) is 1.17. The third-order valence-corrected chi connectivity index (χ3v) is 20.7. The zero-order valence-corrected chi connectivity index (χ0v) is 66.4. The van der Waals surface area contributed by atoms with Gasteiger partial charge in [-0.3, -0.25) is 37.3 Å². The van der Waals surface area contributed by atoms with Crippen molar-refractivity contribution in [3.8, 4) is 0 Å². The summed E-state index contributed by atoms with van der Waals surface area (Å²) >= 11 is 0. The van der Waals surface area contributed by atoms with Gasteiger partial charge in [0, 0.05) is 25.7 Å². The number of phosphoric ester groups is 2. The summed E-state index contributed by atoms with van der Waals surface area (Å²) in [6.45, 7) is 7.33. The first-order valence-corrected chi connectivity index (χ1v) is 44.6. The molecule has 0 aliphatic rings. The van der Waals surface area contributed by atoms with Gasteiger partial charge in [0.15, 0.2) is 12.2 Å². The third-order valence-electron chi connectivity index (χ3n) is 18.8. The van der Waals surface area contributed by atoms with Crippen LogP contribution in [0.4, 0.5) is 0 Å². The van der Waals surface area contributed by atoms with Gasteiger partial charge in [0.25, 0.3) is 0 Å². The molecule has 17 nitrogen and oxygen atoms in total. The molecule has 0 rings (SSSR count). The highest BCUT2D eigenvalue weighted by molar-refractivity contribution is 7.47. The fourth-order valence-electron chi connectivity index (χ4n) is 12.4. The highest BCUT2D eigenvalue weighted by Gasteiger charge is 2.30. The number of hydrogen-bond acceptors (Lipinski definition) is 15. The normalized spacial score (nSPS) is 13.9. The van der Waals surface area contributed by atoms with Crippen LogP contribution in [0, 0.1) is 5.92 Å². The molecule has 3 N–H and O–H groups in total. The highest BCUT2D eigenvalue weighted by Crippen LogP contribution is 2.45. The minimum absolute atomic E-state index is 0.107. The molecular formula is C80H156O17P2. The summed E-state index contributed by atoms with van der Waals surface area (Å²) in [5, 5.41) is 10.6. The molecule has 0 aromatic carbocycles. The molecule has 0 aromatic heterocycles. The van der Waals surface area contributed by atoms with Crippen molar-refractivity contribution in [3.05, 3.63) is 0 Å². The number of phosphoric acid groups is 2. The molecule has 0 aromatic rings. The first-order valence-electron chi connectivity index (χ1n) is 41.6. The third kappa shape index (κ3) is 74.1. The number of unbranched alkanes of at least 4 members (excludes halogenated alkanes) is 52. The van der Waals surface area contributed by atoms with E-state index in [0.717, 1.165) is 95.8 Å². The summed E-state index contributed by atoms with van der Waals surface area (Å²) in [4.78, 5) is 73.0. The minimum atomic E-state index is -4.96. The SMILES string of the molecule is CCCCCCCCCCCCCCCCCCCCCC(=O)O[C@H](COC(=O)CCCCCCCCCCCCCCCCC)COP(=O)(O)OC[C@@H](O)COP(=O)(O)OC[C@@H](COC(=O)CCCCCCCCCCCCC)OC(=O)CCCCCCCCCCCCCC(C)C. The van der Waals surface area contributed by atoms with Crippen LogP contribution in [0.15, 0.2) is 0 Å². The fraction of sp³-hybridized carbons (Fsp3) is 0.950. The molecule has 0 saturated heterocycles. The molecule has 0 radical (unpaired) electrons. The van der Waals surface area contributed by atoms with Crippen molar-refractivity contribution in [1.82, 2.24) is 0 Å². The van der Waals surface area contributed by atoms with E-state index in [0.29, 0.717) is 25.7 Å². The zero-order valence-electron chi connectivity index (χ0n) is 64.6. The predicted molar refractivity (Wildman–Crippen MR) is 405 cm³/mol. The Bertz CT molecular complexity index is 1890. The Kier molecular flexibility index (Phi) is 71.6. The largest absolute Gasteiger partial charge is 0.472 e. The van der Waals surface area contributed by atoms with Gasteiger partial charge in [-0.05, 0) is 31.6 Å². The van der Waals surface area contributed by atoms with Crippen molar-refractivity contribution >= 4 is 39.5 Å². The second kappa shape index (κ2) is 73.0. The molecule has 0 bridgehead atoms. The Hall–Kier alpha value is -1.94. The molecule has 0 fully saturated rings. The van der Waals surface area contributed by atoms with Crippen LogP contribution in [0.3, 0.4) is 0 Å². The van der Waals surface area contributed by atoms with Crippen LogP contribution < -0.4 is 0 Å². The second-order valence-corrected chi connectivity index (χ2v) is 32.2. The summed E-state index contributed by atoms with van der Waals surface area (Å²) in [5.41, 5.74) is 0. The Labute approximate surface area is 607 Å². The number of carbonyl (C=O) groups is 4. The zero-order chi connectivity index (χ0) is 72.7. The lowest BCUT2D eigenvalue weighted by Gasteiger charge is -2.21. The van der Waals surface area contributed by atoms with Crippen molar-refractivity contribution in [3.63, 3.8) is 0 Å². The Morgan fingerprint density at radius 1 is 0.273 bits per heavy atom. The molecule has 588 valence electrons. The molecule has 0 saturated carbocycles. The van der Waals surface area contributed by atoms with E-state index in [1.54, 1.807) is 0 Å². The lowest BCUT2D eigenvalue weighted by molar-refractivity contribution is -0.161. The molecule has 0 amide bonds. The second-order valence-electron chi connectivity index (χ2n) is 29.3. The van der Waals surface area contributed by atoms with Crippen LogP contribution >= 0.6 is 15.6 Å². The van der Waals surface area contributed by atoms with Gasteiger partial charge in [0.2, 0.25) is 0 Å². The Morgan fingerprint density at radius 2 is 0.465 bits per heavy atom. The van der Waals surface area contributed by atoms with E-state index in [2.05, 4.69) is 34.6 Å². The molecule has 0 aliphatic carbocycles. The van der Waals surface area contributed by atoms with Gasteiger partial charge in [-0.15, -0.1) is 0 Å². The van der Waals surface area contributed by atoms with E-state index in [9.17, 15) is 43.2 Å². The van der Waals surface area contributed by atoms with Crippen LogP contribution in [0.25, 0.3) is 0 Å². The number of aliphatic hydroxyl groups is 1. The van der Waals surface area contributed by atoms with E-state index in [1.807, 2.05) is 0 Å². The number of carbonyl (C=O) groups excluding carboxylic acids is 4. The van der Waals surface area contributed by atoms with Gasteiger partial charge < -0.3 is 33.8 Å². The maximum atomic E-state index is 13.1. The van der Waals surface area contributed by atoms with Crippen molar-refractivity contribution in [2.45, 2.75) is 445 Å². The van der Waals surface area contributed by atoms with E-state index < -0.39 is 97.5 Å². The lowest BCUT2D eigenvalue weighted by atomic mass is 10.0. The summed E-state index contributed by atoms with van der Waals surface area (Å²) in [5.74, 6) is -1.34. The van der Waals surface area contributed by atoms with Gasteiger partial charge in [-0.1, -0.05) is 375 Å². The van der Waals surface area contributed by atoms with Crippen LogP contribution in [0.1, 0.15) is 426 Å². The van der Waals surface area contributed by atoms with Gasteiger partial charge in [-0.2, -0.15) is 0 Å². The van der Waals surface area contributed by atoms with Crippen LogP contribution in [0.2, 0.25) is 0 Å². The first kappa shape index (κ1) is 97.1. The lowest BCUT2D eigenvalue weighted by Crippen LogP contribution is -2.30. The Morgan fingerprint density at radius 3 is 0.687 bits per heavy atom. The standard InChI is InChI=1S/C80H156O17P2/c1-6-9-12-15-18-21-24-26-28-29-30-31-33-35-40-45-50-55-60-65-79(84)96-76(70-91-78(83)64-59-54-49-44-39-34-32-27-25-22-19-16-13-10-7-2)72-95-99(88,89)93-68-74(81)67-92-98(86,87)94-71-75(69-90-77(82)63-58-53-48-43-37-23-20-17-14-11-8-3)97-80(85)66-61-56-51-46-41-36-38-42-47-52-57-62-73(4)5/h73-76,81H,6-72H2,1-5H3,(H,86,87)(H,88,89)/t74-,75+,76+/m0/s1.